The minimum absolute atomic E-state index is 0.0606. The molecular weight excluding hydrogens is 312 g/mol. The summed E-state index contributed by atoms with van der Waals surface area (Å²) in [5.41, 5.74) is 0.829. The number of hydrogen-bond donors (Lipinski definition) is 1. The third-order valence-corrected chi connectivity index (χ3v) is 9.16. The van der Waals surface area contributed by atoms with Crippen molar-refractivity contribution in [3.63, 3.8) is 0 Å². The van der Waals surface area contributed by atoms with Crippen LogP contribution in [0.25, 0.3) is 0 Å². The van der Waals surface area contributed by atoms with E-state index in [0.29, 0.717) is 19.4 Å². The van der Waals surface area contributed by atoms with Gasteiger partial charge in [0.1, 0.15) is 12.6 Å². The van der Waals surface area contributed by atoms with Crippen molar-refractivity contribution in [3.05, 3.63) is 11.6 Å². The zero-order chi connectivity index (χ0) is 17.7. The summed E-state index contributed by atoms with van der Waals surface area (Å²) in [5, 5.41) is 10.4. The minimum atomic E-state index is -2.01. The number of carbonyl (C=O) groups excluding carboxylic acids is 1. The summed E-state index contributed by atoms with van der Waals surface area (Å²) in [6, 6.07) is 0. The molecule has 0 aromatic heterocycles. The molecule has 0 amide bonds. The highest BCUT2D eigenvalue weighted by atomic mass is 28.4. The van der Waals surface area contributed by atoms with Crippen molar-refractivity contribution in [3.8, 4) is 0 Å². The number of methoxy groups -OCH3 is 1. The molecule has 1 fully saturated rings. The van der Waals surface area contributed by atoms with Gasteiger partial charge < -0.3 is 19.0 Å². The van der Waals surface area contributed by atoms with Crippen molar-refractivity contribution in [2.45, 2.75) is 70.4 Å². The fraction of sp³-hybridized carbons (Fsp3) is 0.824. The summed E-state index contributed by atoms with van der Waals surface area (Å²) < 4.78 is 16.5. The first-order valence-corrected chi connectivity index (χ1v) is 11.1. The molecule has 6 heteroatoms. The van der Waals surface area contributed by atoms with Gasteiger partial charge >= 0.3 is 0 Å². The first kappa shape index (κ1) is 20.5. The van der Waals surface area contributed by atoms with Gasteiger partial charge in [-0.2, -0.15) is 0 Å². The number of aliphatic hydroxyl groups excluding tert-OH is 1. The molecule has 1 aliphatic rings. The van der Waals surface area contributed by atoms with E-state index in [1.165, 1.54) is 0 Å². The predicted octanol–water partition coefficient (Wildman–Crippen LogP) is 3.04. The SMILES string of the molecule is COCOCC/C=C1\[C@H](O)CC(=O)C[C@H]1O[Si](C)(C)C(C)(C)C. The van der Waals surface area contributed by atoms with Crippen molar-refractivity contribution >= 4 is 14.1 Å². The van der Waals surface area contributed by atoms with Crippen LogP contribution in [0, 0.1) is 0 Å². The maximum Gasteiger partial charge on any atom is 0.192 e. The fourth-order valence-corrected chi connectivity index (χ4v) is 3.60. The number of aliphatic hydroxyl groups is 1. The van der Waals surface area contributed by atoms with E-state index in [0.717, 1.165) is 5.57 Å². The molecule has 1 saturated carbocycles. The van der Waals surface area contributed by atoms with E-state index in [1.54, 1.807) is 7.11 Å². The smallest absolute Gasteiger partial charge is 0.192 e. The van der Waals surface area contributed by atoms with Crippen LogP contribution < -0.4 is 0 Å². The van der Waals surface area contributed by atoms with Gasteiger partial charge in [0, 0.05) is 20.0 Å². The molecule has 2 atom stereocenters. The highest BCUT2D eigenvalue weighted by molar-refractivity contribution is 6.74. The molecule has 0 radical (unpaired) electrons. The number of ketones is 1. The first-order valence-electron chi connectivity index (χ1n) is 8.22. The Balaban J connectivity index is 2.81. The Bertz CT molecular complexity index is 425. The monoisotopic (exact) mass is 344 g/mol. The summed E-state index contributed by atoms with van der Waals surface area (Å²) in [6.07, 6.45) is 2.12. The minimum Gasteiger partial charge on any atom is -0.410 e. The highest BCUT2D eigenvalue weighted by Crippen LogP contribution is 2.39. The van der Waals surface area contributed by atoms with Gasteiger partial charge in [-0.3, -0.25) is 4.79 Å². The van der Waals surface area contributed by atoms with E-state index < -0.39 is 14.4 Å². The highest BCUT2D eigenvalue weighted by Gasteiger charge is 2.42. The van der Waals surface area contributed by atoms with Crippen LogP contribution in [0.1, 0.15) is 40.0 Å². The second kappa shape index (κ2) is 8.53. The number of rotatable bonds is 7. The summed E-state index contributed by atoms with van der Waals surface area (Å²) in [4.78, 5) is 11.9. The Hall–Kier alpha value is -0.533. The van der Waals surface area contributed by atoms with Crippen LogP contribution in [0.2, 0.25) is 18.1 Å². The third-order valence-electron chi connectivity index (χ3n) is 4.68. The lowest BCUT2D eigenvalue weighted by Gasteiger charge is -2.41. The summed E-state index contributed by atoms with van der Waals surface area (Å²) in [5.74, 6) is 0.0639. The summed E-state index contributed by atoms with van der Waals surface area (Å²) in [6.45, 7) is 11.6. The Morgan fingerprint density at radius 2 is 1.96 bits per heavy atom. The number of carbonyl (C=O) groups is 1. The molecule has 0 spiro atoms. The lowest BCUT2D eigenvalue weighted by molar-refractivity contribution is -0.123. The van der Waals surface area contributed by atoms with Gasteiger partial charge in [0.25, 0.3) is 0 Å². The van der Waals surface area contributed by atoms with Crippen molar-refractivity contribution in [1.29, 1.82) is 0 Å². The van der Waals surface area contributed by atoms with Gasteiger partial charge in [0.15, 0.2) is 8.32 Å². The van der Waals surface area contributed by atoms with Crippen molar-refractivity contribution in [2.24, 2.45) is 0 Å². The quantitative estimate of drug-likeness (QED) is 0.333. The zero-order valence-electron chi connectivity index (χ0n) is 15.3. The second-order valence-electron chi connectivity index (χ2n) is 7.64. The maximum atomic E-state index is 11.9. The standard InChI is InChI=1S/C17H32O5Si/c1-17(2,3)23(5,6)22-16-11-13(18)10-15(19)14(16)8-7-9-21-12-20-4/h8,15-16,19H,7,9-12H2,1-6H3/b14-8+/t15-,16-/m1/s1. The molecule has 0 aromatic carbocycles. The number of hydrogen-bond acceptors (Lipinski definition) is 5. The van der Waals surface area contributed by atoms with E-state index >= 15 is 0 Å². The molecule has 5 nitrogen and oxygen atoms in total. The molecule has 0 aromatic rings. The molecule has 23 heavy (non-hydrogen) atoms. The van der Waals surface area contributed by atoms with Gasteiger partial charge in [-0.25, -0.2) is 0 Å². The Morgan fingerprint density at radius 1 is 1.30 bits per heavy atom. The summed E-state index contributed by atoms with van der Waals surface area (Å²) >= 11 is 0. The third kappa shape index (κ3) is 6.12. The molecule has 0 unspecified atom stereocenters. The number of Topliss-reactive ketones (excluding diaryl/α,β-unsaturated/α-hetero) is 1. The lowest BCUT2D eigenvalue weighted by atomic mass is 9.88. The Labute approximate surface area is 141 Å². The predicted molar refractivity (Wildman–Crippen MR) is 92.8 cm³/mol. The van der Waals surface area contributed by atoms with Crippen LogP contribution in [-0.4, -0.2) is 51.9 Å². The first-order chi connectivity index (χ1) is 10.6. The molecule has 0 saturated heterocycles. The van der Waals surface area contributed by atoms with Crippen molar-refractivity contribution in [1.82, 2.24) is 0 Å². The molecule has 134 valence electrons. The van der Waals surface area contributed by atoms with Crippen LogP contribution in [0.15, 0.2) is 11.6 Å². The van der Waals surface area contributed by atoms with E-state index in [2.05, 4.69) is 33.9 Å². The maximum absolute atomic E-state index is 11.9. The van der Waals surface area contributed by atoms with Crippen LogP contribution in [-0.2, 0) is 18.7 Å². The average Bonchev–Trinajstić information content (AvgIpc) is 2.39. The van der Waals surface area contributed by atoms with Gasteiger partial charge in [-0.1, -0.05) is 26.8 Å². The Morgan fingerprint density at radius 3 is 2.52 bits per heavy atom. The van der Waals surface area contributed by atoms with Gasteiger partial charge in [-0.15, -0.1) is 0 Å². The van der Waals surface area contributed by atoms with E-state index in [9.17, 15) is 9.90 Å². The lowest BCUT2D eigenvalue weighted by Crippen LogP contribution is -2.47. The topological polar surface area (TPSA) is 65.0 Å². The van der Waals surface area contributed by atoms with Crippen molar-refractivity contribution in [2.75, 3.05) is 20.5 Å². The number of ether oxygens (including phenoxy) is 2. The largest absolute Gasteiger partial charge is 0.410 e. The van der Waals surface area contributed by atoms with E-state index in [1.807, 2.05) is 6.08 Å². The molecule has 0 bridgehead atoms. The normalized spacial score (nSPS) is 25.2. The molecular formula is C17H32O5Si. The van der Waals surface area contributed by atoms with Gasteiger partial charge in [0.05, 0.1) is 18.8 Å². The van der Waals surface area contributed by atoms with Crippen LogP contribution in [0.4, 0.5) is 0 Å². The van der Waals surface area contributed by atoms with Crippen LogP contribution >= 0.6 is 0 Å². The molecule has 0 aliphatic heterocycles. The summed E-state index contributed by atoms with van der Waals surface area (Å²) in [7, 11) is -0.428. The van der Waals surface area contributed by atoms with Gasteiger partial charge in [-0.05, 0) is 30.1 Å². The van der Waals surface area contributed by atoms with Crippen LogP contribution in [0.5, 0.6) is 0 Å². The van der Waals surface area contributed by atoms with Crippen LogP contribution in [0.3, 0.4) is 0 Å². The zero-order valence-corrected chi connectivity index (χ0v) is 16.3. The molecule has 1 N–H and O–H groups in total. The second-order valence-corrected chi connectivity index (χ2v) is 12.4. The van der Waals surface area contributed by atoms with Crippen molar-refractivity contribution < 1.29 is 23.8 Å². The van der Waals surface area contributed by atoms with E-state index in [4.69, 9.17) is 13.9 Å². The average molecular weight is 345 g/mol. The Kier molecular flexibility index (Phi) is 7.61. The fourth-order valence-electron chi connectivity index (χ4n) is 2.32. The molecule has 0 heterocycles. The van der Waals surface area contributed by atoms with Gasteiger partial charge in [0.2, 0.25) is 0 Å². The molecule has 1 aliphatic carbocycles. The van der Waals surface area contributed by atoms with E-state index in [-0.39, 0.29) is 30.1 Å². The molecule has 1 rings (SSSR count).